The molecule has 0 radical (unpaired) electrons. The Hall–Kier alpha value is -1.36. The molecule has 0 aromatic carbocycles. The fourth-order valence-electron chi connectivity index (χ4n) is 2.07. The molecule has 5 heteroatoms. The van der Waals surface area contributed by atoms with Crippen LogP contribution >= 0.6 is 0 Å². The summed E-state index contributed by atoms with van der Waals surface area (Å²) in [6, 6.07) is 0. The molecule has 1 aromatic rings. The van der Waals surface area contributed by atoms with E-state index in [0.29, 0.717) is 6.10 Å². The first-order valence-corrected chi connectivity index (χ1v) is 6.72. The van der Waals surface area contributed by atoms with Crippen molar-refractivity contribution in [2.24, 2.45) is 0 Å². The number of nitrogens with one attached hydrogen (secondary N) is 2. The van der Waals surface area contributed by atoms with E-state index in [-0.39, 0.29) is 0 Å². The third kappa shape index (κ3) is 3.32. The minimum Gasteiger partial charge on any atom is -0.376 e. The van der Waals surface area contributed by atoms with E-state index in [1.807, 2.05) is 6.92 Å². The predicted octanol–water partition coefficient (Wildman–Crippen LogP) is 2.20. The second-order valence-electron chi connectivity index (χ2n) is 4.64. The lowest BCUT2D eigenvalue weighted by atomic mass is 10.2. The predicted molar refractivity (Wildman–Crippen MR) is 73.0 cm³/mol. The van der Waals surface area contributed by atoms with Gasteiger partial charge >= 0.3 is 0 Å². The van der Waals surface area contributed by atoms with E-state index >= 15 is 0 Å². The van der Waals surface area contributed by atoms with Crippen molar-refractivity contribution in [3.63, 3.8) is 0 Å². The SMILES string of the molecule is CCCNc1ncnc(NCC2CCCO2)c1C. The zero-order chi connectivity index (χ0) is 12.8. The number of hydrogen-bond acceptors (Lipinski definition) is 5. The first-order chi connectivity index (χ1) is 8.81. The molecule has 0 aliphatic carbocycles. The molecule has 5 nitrogen and oxygen atoms in total. The molecule has 2 N–H and O–H groups in total. The van der Waals surface area contributed by atoms with Gasteiger partial charge < -0.3 is 15.4 Å². The van der Waals surface area contributed by atoms with Crippen molar-refractivity contribution in [2.45, 2.75) is 39.2 Å². The number of anilines is 2. The third-order valence-corrected chi connectivity index (χ3v) is 3.15. The van der Waals surface area contributed by atoms with Crippen molar-refractivity contribution in [3.8, 4) is 0 Å². The molecule has 1 aliphatic rings. The van der Waals surface area contributed by atoms with E-state index in [4.69, 9.17) is 4.74 Å². The van der Waals surface area contributed by atoms with Crippen LogP contribution in [0.5, 0.6) is 0 Å². The van der Waals surface area contributed by atoms with Crippen molar-refractivity contribution < 1.29 is 4.74 Å². The minimum absolute atomic E-state index is 0.325. The monoisotopic (exact) mass is 250 g/mol. The number of rotatable bonds is 6. The minimum atomic E-state index is 0.325. The highest BCUT2D eigenvalue weighted by atomic mass is 16.5. The Morgan fingerprint density at radius 3 is 2.78 bits per heavy atom. The van der Waals surface area contributed by atoms with Gasteiger partial charge in [0, 0.05) is 25.3 Å². The number of aromatic nitrogens is 2. The van der Waals surface area contributed by atoms with Gasteiger partial charge in [0.2, 0.25) is 0 Å². The molecule has 2 rings (SSSR count). The molecule has 1 atom stereocenters. The summed E-state index contributed by atoms with van der Waals surface area (Å²) in [5, 5.41) is 6.66. The van der Waals surface area contributed by atoms with Crippen LogP contribution in [0.15, 0.2) is 6.33 Å². The highest BCUT2D eigenvalue weighted by molar-refractivity contribution is 5.56. The zero-order valence-corrected chi connectivity index (χ0v) is 11.2. The second kappa shape index (κ2) is 6.54. The average molecular weight is 250 g/mol. The number of hydrogen-bond donors (Lipinski definition) is 2. The lowest BCUT2D eigenvalue weighted by Gasteiger charge is -2.14. The largest absolute Gasteiger partial charge is 0.376 e. The summed E-state index contributed by atoms with van der Waals surface area (Å²) < 4.78 is 5.59. The van der Waals surface area contributed by atoms with Gasteiger partial charge in [-0.1, -0.05) is 6.92 Å². The Morgan fingerprint density at radius 1 is 1.33 bits per heavy atom. The van der Waals surface area contributed by atoms with E-state index < -0.39 is 0 Å². The standard InChI is InChI=1S/C13H22N4O/c1-3-6-14-12-10(2)13(17-9-16-12)15-8-11-5-4-7-18-11/h9,11H,3-8H2,1-2H3,(H2,14,15,16,17). The summed E-state index contributed by atoms with van der Waals surface area (Å²) in [5.74, 6) is 1.82. The summed E-state index contributed by atoms with van der Waals surface area (Å²) in [6.45, 7) is 6.82. The van der Waals surface area contributed by atoms with E-state index in [1.54, 1.807) is 6.33 Å². The van der Waals surface area contributed by atoms with Gasteiger partial charge in [-0.2, -0.15) is 0 Å². The van der Waals surface area contributed by atoms with Crippen LogP contribution in [0.3, 0.4) is 0 Å². The molecule has 1 saturated heterocycles. The van der Waals surface area contributed by atoms with Crippen LogP contribution in [0.25, 0.3) is 0 Å². The van der Waals surface area contributed by atoms with Gasteiger partial charge in [-0.05, 0) is 26.2 Å². The summed E-state index contributed by atoms with van der Waals surface area (Å²) in [7, 11) is 0. The maximum atomic E-state index is 5.59. The van der Waals surface area contributed by atoms with Crippen LogP contribution < -0.4 is 10.6 Å². The van der Waals surface area contributed by atoms with E-state index in [0.717, 1.165) is 49.7 Å². The number of nitrogens with zero attached hydrogens (tertiary/aromatic N) is 2. The van der Waals surface area contributed by atoms with Gasteiger partial charge in [0.15, 0.2) is 0 Å². The van der Waals surface area contributed by atoms with Crippen LogP contribution in [0.4, 0.5) is 11.6 Å². The van der Waals surface area contributed by atoms with Crippen LogP contribution in [0.2, 0.25) is 0 Å². The highest BCUT2D eigenvalue weighted by Gasteiger charge is 2.16. The molecule has 100 valence electrons. The molecule has 18 heavy (non-hydrogen) atoms. The maximum Gasteiger partial charge on any atom is 0.134 e. The maximum absolute atomic E-state index is 5.59. The molecule has 1 aromatic heterocycles. The Morgan fingerprint density at radius 2 is 2.11 bits per heavy atom. The summed E-state index contributed by atoms with van der Waals surface area (Å²) in [5.41, 5.74) is 1.07. The van der Waals surface area contributed by atoms with Gasteiger partial charge in [-0.3, -0.25) is 0 Å². The first-order valence-electron chi connectivity index (χ1n) is 6.72. The third-order valence-electron chi connectivity index (χ3n) is 3.15. The van der Waals surface area contributed by atoms with Crippen molar-refractivity contribution in [1.82, 2.24) is 9.97 Å². The topological polar surface area (TPSA) is 59.1 Å². The van der Waals surface area contributed by atoms with Gasteiger partial charge in [0.05, 0.1) is 6.10 Å². The van der Waals surface area contributed by atoms with Gasteiger partial charge in [-0.15, -0.1) is 0 Å². The Balaban J connectivity index is 1.94. The van der Waals surface area contributed by atoms with Gasteiger partial charge in [-0.25, -0.2) is 9.97 Å². The lowest BCUT2D eigenvalue weighted by molar-refractivity contribution is 0.120. The smallest absolute Gasteiger partial charge is 0.134 e. The zero-order valence-electron chi connectivity index (χ0n) is 11.2. The Labute approximate surface area is 108 Å². The molecule has 0 saturated carbocycles. The van der Waals surface area contributed by atoms with Crippen molar-refractivity contribution >= 4 is 11.6 Å². The average Bonchev–Trinajstić information content (AvgIpc) is 2.89. The van der Waals surface area contributed by atoms with Crippen LogP contribution in [-0.2, 0) is 4.74 Å². The fraction of sp³-hybridized carbons (Fsp3) is 0.692. The van der Waals surface area contributed by atoms with Gasteiger partial charge in [0.1, 0.15) is 18.0 Å². The molecule has 0 spiro atoms. The van der Waals surface area contributed by atoms with Crippen molar-refractivity contribution in [2.75, 3.05) is 30.3 Å². The van der Waals surface area contributed by atoms with E-state index in [1.165, 1.54) is 6.42 Å². The van der Waals surface area contributed by atoms with Crippen molar-refractivity contribution in [3.05, 3.63) is 11.9 Å². The molecule has 1 fully saturated rings. The quantitative estimate of drug-likeness (QED) is 0.810. The molecule has 0 bridgehead atoms. The highest BCUT2D eigenvalue weighted by Crippen LogP contribution is 2.19. The second-order valence-corrected chi connectivity index (χ2v) is 4.64. The van der Waals surface area contributed by atoms with E-state index in [9.17, 15) is 0 Å². The summed E-state index contributed by atoms with van der Waals surface area (Å²) >= 11 is 0. The number of ether oxygens (including phenoxy) is 1. The normalized spacial score (nSPS) is 18.9. The Bertz CT molecular complexity index is 377. The summed E-state index contributed by atoms with van der Waals surface area (Å²) in [6.07, 6.45) is 5.31. The molecule has 1 aliphatic heterocycles. The van der Waals surface area contributed by atoms with E-state index in [2.05, 4.69) is 27.5 Å². The molecular formula is C13H22N4O. The van der Waals surface area contributed by atoms with Crippen LogP contribution in [0, 0.1) is 6.92 Å². The van der Waals surface area contributed by atoms with Crippen LogP contribution in [-0.4, -0.2) is 35.8 Å². The van der Waals surface area contributed by atoms with Crippen LogP contribution in [0.1, 0.15) is 31.7 Å². The lowest BCUT2D eigenvalue weighted by Crippen LogP contribution is -2.20. The first kappa shape index (κ1) is 13.1. The molecular weight excluding hydrogens is 228 g/mol. The molecule has 0 amide bonds. The summed E-state index contributed by atoms with van der Waals surface area (Å²) in [4.78, 5) is 8.55. The Kier molecular flexibility index (Phi) is 4.75. The fourth-order valence-corrected chi connectivity index (χ4v) is 2.07. The molecule has 2 heterocycles. The molecule has 1 unspecified atom stereocenters. The van der Waals surface area contributed by atoms with Crippen molar-refractivity contribution in [1.29, 1.82) is 0 Å². The van der Waals surface area contributed by atoms with Gasteiger partial charge in [0.25, 0.3) is 0 Å².